The second-order valence-electron chi connectivity index (χ2n) is 5.83. The zero-order chi connectivity index (χ0) is 17.7. The molecule has 0 spiro atoms. The number of benzene rings is 2. The number of anilines is 1. The van der Waals surface area contributed by atoms with Crippen LogP contribution < -0.4 is 10.1 Å². The van der Waals surface area contributed by atoms with Gasteiger partial charge in [-0.2, -0.15) is 0 Å². The highest BCUT2D eigenvalue weighted by atomic mass is 35.5. The minimum Gasteiger partial charge on any atom is -0.494 e. The maximum atomic E-state index is 12.0. The molecule has 0 unspecified atom stereocenters. The van der Waals surface area contributed by atoms with Crippen molar-refractivity contribution < 1.29 is 9.53 Å². The van der Waals surface area contributed by atoms with Crippen LogP contribution in [0, 0.1) is 20.8 Å². The van der Waals surface area contributed by atoms with E-state index >= 15 is 0 Å². The van der Waals surface area contributed by atoms with Crippen molar-refractivity contribution >= 4 is 34.8 Å². The molecule has 0 saturated heterocycles. The van der Waals surface area contributed by atoms with E-state index in [9.17, 15) is 4.79 Å². The number of carbonyl (C=O) groups excluding carboxylic acids is 1. The van der Waals surface area contributed by atoms with Gasteiger partial charge in [0.25, 0.3) is 0 Å². The molecule has 0 saturated carbocycles. The summed E-state index contributed by atoms with van der Waals surface area (Å²) in [5, 5.41) is 4.31. The Kier molecular flexibility index (Phi) is 6.52. The first-order chi connectivity index (χ1) is 11.4. The van der Waals surface area contributed by atoms with E-state index in [1.165, 1.54) is 0 Å². The van der Waals surface area contributed by atoms with Crippen LogP contribution in [0.25, 0.3) is 0 Å². The van der Waals surface area contributed by atoms with Crippen LogP contribution in [0.3, 0.4) is 0 Å². The Labute approximate surface area is 152 Å². The predicted octanol–water partition coefficient (Wildman–Crippen LogP) is 5.72. The number of rotatable bonds is 6. The molecular formula is C19H21Cl2NO2. The molecule has 0 atom stereocenters. The van der Waals surface area contributed by atoms with Gasteiger partial charge in [-0.1, -0.05) is 23.2 Å². The van der Waals surface area contributed by atoms with Crippen LogP contribution in [0.5, 0.6) is 5.75 Å². The Balaban J connectivity index is 1.79. The largest absolute Gasteiger partial charge is 0.494 e. The predicted molar refractivity (Wildman–Crippen MR) is 100 cm³/mol. The van der Waals surface area contributed by atoms with E-state index in [0.29, 0.717) is 24.5 Å². The molecule has 2 aromatic rings. The quantitative estimate of drug-likeness (QED) is 0.665. The molecule has 1 N–H and O–H groups in total. The van der Waals surface area contributed by atoms with Gasteiger partial charge in [-0.05, 0) is 74.2 Å². The lowest BCUT2D eigenvalue weighted by molar-refractivity contribution is -0.116. The Bertz CT molecular complexity index is 721. The van der Waals surface area contributed by atoms with E-state index in [1.54, 1.807) is 6.07 Å². The number of halogens is 2. The molecule has 0 heterocycles. The summed E-state index contributed by atoms with van der Waals surface area (Å²) in [7, 11) is 0. The van der Waals surface area contributed by atoms with E-state index in [0.717, 1.165) is 33.1 Å². The molecule has 0 radical (unpaired) electrons. The van der Waals surface area contributed by atoms with Crippen LogP contribution in [0.15, 0.2) is 30.3 Å². The Morgan fingerprint density at radius 1 is 1.04 bits per heavy atom. The summed E-state index contributed by atoms with van der Waals surface area (Å²) in [6.45, 7) is 6.29. The average Bonchev–Trinajstić information content (AvgIpc) is 2.52. The maximum absolute atomic E-state index is 12.0. The molecule has 0 fully saturated rings. The van der Waals surface area contributed by atoms with Crippen LogP contribution >= 0.6 is 23.2 Å². The van der Waals surface area contributed by atoms with Gasteiger partial charge in [0.1, 0.15) is 5.75 Å². The van der Waals surface area contributed by atoms with Gasteiger partial charge in [-0.3, -0.25) is 4.79 Å². The van der Waals surface area contributed by atoms with Crippen LogP contribution in [-0.4, -0.2) is 12.5 Å². The zero-order valence-corrected chi connectivity index (χ0v) is 15.6. The fourth-order valence-corrected chi connectivity index (χ4v) is 2.73. The van der Waals surface area contributed by atoms with Crippen molar-refractivity contribution in [3.05, 3.63) is 57.1 Å². The Hall–Kier alpha value is -1.71. The van der Waals surface area contributed by atoms with Crippen molar-refractivity contribution in [2.24, 2.45) is 0 Å². The van der Waals surface area contributed by atoms with Crippen molar-refractivity contribution in [3.8, 4) is 5.75 Å². The third-order valence-electron chi connectivity index (χ3n) is 3.69. The number of carbonyl (C=O) groups is 1. The summed E-state index contributed by atoms with van der Waals surface area (Å²) >= 11 is 12.0. The molecule has 2 aromatic carbocycles. The number of nitrogens with one attached hydrogen (secondary N) is 1. The number of aryl methyl sites for hydroxylation is 3. The maximum Gasteiger partial charge on any atom is 0.224 e. The monoisotopic (exact) mass is 365 g/mol. The van der Waals surface area contributed by atoms with Gasteiger partial charge in [0, 0.05) is 22.2 Å². The van der Waals surface area contributed by atoms with Gasteiger partial charge in [0.15, 0.2) is 0 Å². The fourth-order valence-electron chi connectivity index (χ4n) is 2.39. The molecular weight excluding hydrogens is 345 g/mol. The van der Waals surface area contributed by atoms with Crippen molar-refractivity contribution in [2.45, 2.75) is 33.6 Å². The minimum atomic E-state index is -0.0347. The molecule has 0 bridgehead atoms. The molecule has 0 aliphatic carbocycles. The molecule has 5 heteroatoms. The first-order valence-electron chi connectivity index (χ1n) is 7.82. The van der Waals surface area contributed by atoms with Crippen LogP contribution in [0.1, 0.15) is 29.5 Å². The van der Waals surface area contributed by atoms with Crippen molar-refractivity contribution in [1.82, 2.24) is 0 Å². The first-order valence-corrected chi connectivity index (χ1v) is 8.58. The fraction of sp³-hybridized carbons (Fsp3) is 0.316. The Morgan fingerprint density at radius 3 is 2.33 bits per heavy atom. The standard InChI is InChI=1S/C19H21Cl2NO2/c1-12-9-15(20)6-7-17(12)22-18(23)5-4-8-24-16-10-13(2)19(21)14(3)11-16/h6-7,9-11H,4-5,8H2,1-3H3,(H,22,23). The molecule has 2 rings (SSSR count). The summed E-state index contributed by atoms with van der Waals surface area (Å²) in [4.78, 5) is 12.0. The number of hydrogen-bond donors (Lipinski definition) is 1. The van der Waals surface area contributed by atoms with Gasteiger partial charge in [0.2, 0.25) is 5.91 Å². The van der Waals surface area contributed by atoms with Gasteiger partial charge < -0.3 is 10.1 Å². The van der Waals surface area contributed by atoms with Gasteiger partial charge >= 0.3 is 0 Å². The molecule has 0 aliphatic heterocycles. The normalized spacial score (nSPS) is 10.5. The topological polar surface area (TPSA) is 38.3 Å². The third kappa shape index (κ3) is 5.15. The van der Waals surface area contributed by atoms with Gasteiger partial charge in [-0.25, -0.2) is 0 Å². The van der Waals surface area contributed by atoms with E-state index < -0.39 is 0 Å². The van der Waals surface area contributed by atoms with E-state index in [1.807, 2.05) is 45.0 Å². The smallest absolute Gasteiger partial charge is 0.224 e. The summed E-state index contributed by atoms with van der Waals surface area (Å²) in [5.41, 5.74) is 3.71. The van der Waals surface area contributed by atoms with Crippen molar-refractivity contribution in [3.63, 3.8) is 0 Å². The van der Waals surface area contributed by atoms with Gasteiger partial charge in [-0.15, -0.1) is 0 Å². The average molecular weight is 366 g/mol. The molecule has 0 aromatic heterocycles. The lowest BCUT2D eigenvalue weighted by Crippen LogP contribution is -2.13. The number of amides is 1. The molecule has 24 heavy (non-hydrogen) atoms. The third-order valence-corrected chi connectivity index (χ3v) is 4.52. The highest BCUT2D eigenvalue weighted by molar-refractivity contribution is 6.32. The van der Waals surface area contributed by atoms with E-state index in [4.69, 9.17) is 27.9 Å². The number of ether oxygens (including phenoxy) is 1. The lowest BCUT2D eigenvalue weighted by atomic mass is 10.1. The Morgan fingerprint density at radius 2 is 1.71 bits per heavy atom. The lowest BCUT2D eigenvalue weighted by Gasteiger charge is -2.11. The molecule has 3 nitrogen and oxygen atoms in total. The number of hydrogen-bond acceptors (Lipinski definition) is 2. The highest BCUT2D eigenvalue weighted by Crippen LogP contribution is 2.26. The van der Waals surface area contributed by atoms with Gasteiger partial charge in [0.05, 0.1) is 6.61 Å². The molecule has 128 valence electrons. The van der Waals surface area contributed by atoms with Crippen LogP contribution in [0.2, 0.25) is 10.0 Å². The first kappa shape index (κ1) is 18.6. The van der Waals surface area contributed by atoms with Crippen LogP contribution in [-0.2, 0) is 4.79 Å². The van der Waals surface area contributed by atoms with Crippen LogP contribution in [0.4, 0.5) is 5.69 Å². The molecule has 0 aliphatic rings. The molecule has 1 amide bonds. The van der Waals surface area contributed by atoms with E-state index in [-0.39, 0.29) is 5.91 Å². The van der Waals surface area contributed by atoms with Crippen molar-refractivity contribution in [1.29, 1.82) is 0 Å². The summed E-state index contributed by atoms with van der Waals surface area (Å²) < 4.78 is 5.71. The summed E-state index contributed by atoms with van der Waals surface area (Å²) in [5.74, 6) is 0.746. The van der Waals surface area contributed by atoms with Crippen molar-refractivity contribution in [2.75, 3.05) is 11.9 Å². The zero-order valence-electron chi connectivity index (χ0n) is 14.1. The summed E-state index contributed by atoms with van der Waals surface area (Å²) in [6, 6.07) is 9.22. The highest BCUT2D eigenvalue weighted by Gasteiger charge is 2.07. The SMILES string of the molecule is Cc1cc(Cl)ccc1NC(=O)CCCOc1cc(C)c(Cl)c(C)c1. The summed E-state index contributed by atoms with van der Waals surface area (Å²) in [6.07, 6.45) is 1.03. The minimum absolute atomic E-state index is 0.0347. The van der Waals surface area contributed by atoms with E-state index in [2.05, 4.69) is 5.32 Å². The second kappa shape index (κ2) is 8.41. The second-order valence-corrected chi connectivity index (χ2v) is 6.64.